The molecule has 0 bridgehead atoms. The predicted molar refractivity (Wildman–Crippen MR) is 59.7 cm³/mol. The molecule has 1 aromatic rings. The maximum atomic E-state index is 11.3. The van der Waals surface area contributed by atoms with Crippen LogP contribution in [0.2, 0.25) is 0 Å². The minimum Gasteiger partial charge on any atom is -0.430 e. The van der Waals surface area contributed by atoms with E-state index in [2.05, 4.69) is 0 Å². The highest BCUT2D eigenvalue weighted by Gasteiger charge is 2.15. The lowest BCUT2D eigenvalue weighted by Crippen LogP contribution is -2.28. The van der Waals surface area contributed by atoms with E-state index in [9.17, 15) is 4.79 Å². The molecule has 1 rings (SSSR count). The van der Waals surface area contributed by atoms with Gasteiger partial charge in [-0.25, -0.2) is 4.79 Å². The smallest absolute Gasteiger partial charge is 0.410 e. The van der Waals surface area contributed by atoms with E-state index in [-0.39, 0.29) is 0 Å². The van der Waals surface area contributed by atoms with Crippen LogP contribution in [0.1, 0.15) is 5.56 Å². The zero-order valence-electron chi connectivity index (χ0n) is 9.38. The minimum absolute atomic E-state index is 0.414. The molecule has 1 aromatic carbocycles. The summed E-state index contributed by atoms with van der Waals surface area (Å²) in [6.45, 7) is 0. The maximum Gasteiger partial charge on any atom is 0.410 e. The molecule has 0 aliphatic rings. The van der Waals surface area contributed by atoms with E-state index in [1.807, 2.05) is 36.4 Å². The molecule has 1 amide bonds. The Hall–Kier alpha value is -2.02. The number of carbonyl (C=O) groups is 1. The molecule has 84 valence electrons. The van der Waals surface area contributed by atoms with Gasteiger partial charge in [0.25, 0.3) is 0 Å². The van der Waals surface area contributed by atoms with Crippen molar-refractivity contribution in [3.05, 3.63) is 35.9 Å². The van der Waals surface area contributed by atoms with Crippen molar-refractivity contribution in [1.82, 2.24) is 4.90 Å². The summed E-state index contributed by atoms with van der Waals surface area (Å²) in [5.74, 6) is 0. The van der Waals surface area contributed by atoms with Crippen molar-refractivity contribution < 1.29 is 9.53 Å². The van der Waals surface area contributed by atoms with Gasteiger partial charge in [-0.2, -0.15) is 5.26 Å². The number of carbonyl (C=O) groups excluding carboxylic acids is 1. The third-order valence-corrected chi connectivity index (χ3v) is 2.02. The quantitative estimate of drug-likeness (QED) is 0.777. The van der Waals surface area contributed by atoms with Crippen molar-refractivity contribution in [2.75, 3.05) is 14.1 Å². The zero-order valence-corrected chi connectivity index (χ0v) is 9.38. The molecule has 0 heterocycles. The van der Waals surface area contributed by atoms with Gasteiger partial charge in [0.05, 0.1) is 0 Å². The first-order chi connectivity index (χ1) is 7.63. The molecule has 0 aliphatic carbocycles. The monoisotopic (exact) mass is 218 g/mol. The Labute approximate surface area is 95.0 Å². The van der Waals surface area contributed by atoms with Gasteiger partial charge in [0, 0.05) is 20.5 Å². The number of benzene rings is 1. The second-order valence-electron chi connectivity index (χ2n) is 3.59. The Bertz CT molecular complexity index is 382. The molecule has 4 heteroatoms. The highest BCUT2D eigenvalue weighted by atomic mass is 16.6. The van der Waals surface area contributed by atoms with Crippen LogP contribution >= 0.6 is 0 Å². The van der Waals surface area contributed by atoms with Crippen LogP contribution in [0.3, 0.4) is 0 Å². The fourth-order valence-electron chi connectivity index (χ4n) is 1.17. The Balaban J connectivity index is 2.57. The normalized spacial score (nSPS) is 11.3. The van der Waals surface area contributed by atoms with Crippen LogP contribution in [0, 0.1) is 11.3 Å². The van der Waals surface area contributed by atoms with Gasteiger partial charge in [-0.1, -0.05) is 30.3 Å². The minimum atomic E-state index is -0.739. The van der Waals surface area contributed by atoms with Gasteiger partial charge in [0.2, 0.25) is 0 Å². The lowest BCUT2D eigenvalue weighted by Gasteiger charge is -2.15. The third kappa shape index (κ3) is 3.62. The van der Waals surface area contributed by atoms with Crippen molar-refractivity contribution in [2.45, 2.75) is 12.5 Å². The van der Waals surface area contributed by atoms with Crippen LogP contribution in [0.4, 0.5) is 4.79 Å². The Morgan fingerprint density at radius 2 is 2.06 bits per heavy atom. The summed E-state index contributed by atoms with van der Waals surface area (Å²) in [6, 6.07) is 11.4. The molecule has 0 aromatic heterocycles. The van der Waals surface area contributed by atoms with Gasteiger partial charge < -0.3 is 9.64 Å². The van der Waals surface area contributed by atoms with Gasteiger partial charge >= 0.3 is 6.09 Å². The van der Waals surface area contributed by atoms with Crippen LogP contribution in [-0.4, -0.2) is 31.2 Å². The molecule has 16 heavy (non-hydrogen) atoms. The molecule has 0 spiro atoms. The van der Waals surface area contributed by atoms with Gasteiger partial charge in [-0.05, 0) is 5.56 Å². The summed E-state index contributed by atoms with van der Waals surface area (Å²) in [7, 11) is 3.17. The first-order valence-corrected chi connectivity index (χ1v) is 4.95. The van der Waals surface area contributed by atoms with Crippen LogP contribution in [-0.2, 0) is 11.2 Å². The average molecular weight is 218 g/mol. The number of hydrogen-bond acceptors (Lipinski definition) is 3. The maximum absolute atomic E-state index is 11.3. The first kappa shape index (κ1) is 12.1. The van der Waals surface area contributed by atoms with Crippen molar-refractivity contribution in [3.63, 3.8) is 0 Å². The largest absolute Gasteiger partial charge is 0.430 e. The lowest BCUT2D eigenvalue weighted by atomic mass is 10.1. The molecule has 0 saturated carbocycles. The number of amides is 1. The molecule has 0 radical (unpaired) electrons. The highest BCUT2D eigenvalue weighted by molar-refractivity contribution is 5.67. The van der Waals surface area contributed by atoms with Gasteiger partial charge in [-0.15, -0.1) is 0 Å². The molecular weight excluding hydrogens is 204 g/mol. The standard InChI is InChI=1S/C12H14N2O2/c1-14(2)12(15)16-11(9-13)8-10-6-4-3-5-7-10/h3-7,11H,8H2,1-2H3. The van der Waals surface area contributed by atoms with Crippen LogP contribution in [0.5, 0.6) is 0 Å². The van der Waals surface area contributed by atoms with Crippen molar-refractivity contribution in [3.8, 4) is 6.07 Å². The van der Waals surface area contributed by atoms with Crippen molar-refractivity contribution >= 4 is 6.09 Å². The molecule has 4 nitrogen and oxygen atoms in total. The van der Waals surface area contributed by atoms with Crippen molar-refractivity contribution in [2.24, 2.45) is 0 Å². The summed E-state index contributed by atoms with van der Waals surface area (Å²) in [5, 5.41) is 8.87. The Kier molecular flexibility index (Phi) is 4.34. The number of nitrogens with zero attached hydrogens (tertiary/aromatic N) is 2. The van der Waals surface area contributed by atoms with Crippen LogP contribution in [0.15, 0.2) is 30.3 Å². The first-order valence-electron chi connectivity index (χ1n) is 4.95. The van der Waals surface area contributed by atoms with E-state index in [0.29, 0.717) is 6.42 Å². The summed E-state index contributed by atoms with van der Waals surface area (Å²) < 4.78 is 4.99. The van der Waals surface area contributed by atoms with Gasteiger partial charge in [-0.3, -0.25) is 0 Å². The fourth-order valence-corrected chi connectivity index (χ4v) is 1.17. The molecule has 0 saturated heterocycles. The molecule has 0 aliphatic heterocycles. The number of ether oxygens (including phenoxy) is 1. The summed E-state index contributed by atoms with van der Waals surface area (Å²) in [5.41, 5.74) is 0.973. The number of nitriles is 1. The summed E-state index contributed by atoms with van der Waals surface area (Å²) in [6.07, 6.45) is -0.823. The van der Waals surface area contributed by atoms with E-state index in [1.165, 1.54) is 4.90 Å². The predicted octanol–water partition coefficient (Wildman–Crippen LogP) is 1.82. The summed E-state index contributed by atoms with van der Waals surface area (Å²) in [4.78, 5) is 12.6. The number of rotatable bonds is 3. The second-order valence-corrected chi connectivity index (χ2v) is 3.59. The molecule has 0 N–H and O–H groups in total. The average Bonchev–Trinajstić information content (AvgIpc) is 2.29. The Morgan fingerprint density at radius 1 is 1.44 bits per heavy atom. The topological polar surface area (TPSA) is 53.3 Å². The van der Waals surface area contributed by atoms with E-state index in [4.69, 9.17) is 10.00 Å². The lowest BCUT2D eigenvalue weighted by molar-refractivity contribution is 0.0967. The van der Waals surface area contributed by atoms with E-state index in [0.717, 1.165) is 5.56 Å². The Morgan fingerprint density at radius 3 is 2.56 bits per heavy atom. The molecule has 1 unspecified atom stereocenters. The van der Waals surface area contributed by atoms with Gasteiger partial charge in [0.1, 0.15) is 6.07 Å². The van der Waals surface area contributed by atoms with Gasteiger partial charge in [0.15, 0.2) is 6.10 Å². The molecule has 0 fully saturated rings. The molecule has 1 atom stereocenters. The van der Waals surface area contributed by atoms with E-state index >= 15 is 0 Å². The van der Waals surface area contributed by atoms with E-state index in [1.54, 1.807) is 14.1 Å². The fraction of sp³-hybridized carbons (Fsp3) is 0.333. The second kappa shape index (κ2) is 5.76. The summed E-state index contributed by atoms with van der Waals surface area (Å²) >= 11 is 0. The van der Waals surface area contributed by atoms with Crippen molar-refractivity contribution in [1.29, 1.82) is 5.26 Å². The van der Waals surface area contributed by atoms with E-state index < -0.39 is 12.2 Å². The zero-order chi connectivity index (χ0) is 12.0. The van der Waals surface area contributed by atoms with Crippen LogP contribution < -0.4 is 0 Å². The third-order valence-electron chi connectivity index (χ3n) is 2.02. The SMILES string of the molecule is CN(C)C(=O)OC(C#N)Cc1ccccc1. The highest BCUT2D eigenvalue weighted by Crippen LogP contribution is 2.06. The molecular formula is C12H14N2O2. The van der Waals surface area contributed by atoms with Crippen LogP contribution in [0.25, 0.3) is 0 Å². The number of hydrogen-bond donors (Lipinski definition) is 0.